The van der Waals surface area contributed by atoms with Crippen LogP contribution in [0.5, 0.6) is 0 Å². The molecule has 1 amide bonds. The van der Waals surface area contributed by atoms with E-state index in [4.69, 9.17) is 4.42 Å². The molecular formula is C25H20FN3O2S. The van der Waals surface area contributed by atoms with Gasteiger partial charge in [-0.3, -0.25) is 9.69 Å². The Morgan fingerprint density at radius 1 is 1.09 bits per heavy atom. The molecule has 1 aromatic heterocycles. The molecule has 0 spiro atoms. The molecule has 0 atom stereocenters. The molecule has 1 saturated heterocycles. The molecule has 0 saturated carbocycles. The summed E-state index contributed by atoms with van der Waals surface area (Å²) < 4.78 is 19.5. The first-order valence-electron chi connectivity index (χ1n) is 9.93. The van der Waals surface area contributed by atoms with E-state index >= 15 is 0 Å². The van der Waals surface area contributed by atoms with E-state index in [1.807, 2.05) is 43.3 Å². The second kappa shape index (κ2) is 10.1. The largest absolute Gasteiger partial charge is 0.467 e. The van der Waals surface area contributed by atoms with E-state index < -0.39 is 5.82 Å². The highest BCUT2D eigenvalue weighted by molar-refractivity contribution is 8.18. The normalized spacial score (nSPS) is 17.2. The standard InChI is InChI=1S/C25H20FN3O2S/c1-18(14-19-8-3-2-4-9-19)16-27-28-25-29(17-21-11-7-13-31-21)24(30)23(32-25)15-20-10-5-6-12-22(20)26/h2-16H,17H2,1H3/b18-14+,23-15-,27-16-,28-25+. The number of nitrogens with zero attached hydrogens (tertiary/aromatic N) is 3. The van der Waals surface area contributed by atoms with E-state index in [9.17, 15) is 9.18 Å². The predicted octanol–water partition coefficient (Wildman–Crippen LogP) is 5.98. The summed E-state index contributed by atoms with van der Waals surface area (Å²) in [5, 5.41) is 8.84. The van der Waals surface area contributed by atoms with Crippen molar-refractivity contribution >= 4 is 41.2 Å². The number of carbonyl (C=O) groups excluding carboxylic acids is 1. The average Bonchev–Trinajstić information content (AvgIpc) is 3.40. The first-order valence-corrected chi connectivity index (χ1v) is 10.7. The monoisotopic (exact) mass is 445 g/mol. The summed E-state index contributed by atoms with van der Waals surface area (Å²) in [7, 11) is 0. The van der Waals surface area contributed by atoms with Gasteiger partial charge in [0.05, 0.1) is 23.9 Å². The molecule has 1 fully saturated rings. The summed E-state index contributed by atoms with van der Waals surface area (Å²) in [6, 6.07) is 19.7. The lowest BCUT2D eigenvalue weighted by Crippen LogP contribution is -2.28. The molecule has 2 heterocycles. The third kappa shape index (κ3) is 5.31. The zero-order chi connectivity index (χ0) is 22.3. The molecule has 32 heavy (non-hydrogen) atoms. The van der Waals surface area contributed by atoms with Gasteiger partial charge in [-0.2, -0.15) is 5.10 Å². The minimum absolute atomic E-state index is 0.209. The molecule has 7 heteroatoms. The third-order valence-corrected chi connectivity index (χ3v) is 5.57. The SMILES string of the molecule is CC(/C=N\N=C1\S/C(=C\c2ccccc2F)C(=O)N1Cc1ccco1)=C\c1ccccc1. The van der Waals surface area contributed by atoms with Gasteiger partial charge < -0.3 is 4.42 Å². The van der Waals surface area contributed by atoms with Gasteiger partial charge >= 0.3 is 0 Å². The summed E-state index contributed by atoms with van der Waals surface area (Å²) in [5.41, 5.74) is 2.31. The second-order valence-electron chi connectivity index (χ2n) is 7.03. The summed E-state index contributed by atoms with van der Waals surface area (Å²) in [6.07, 6.45) is 6.70. The molecule has 1 aliphatic heterocycles. The Labute approximate surface area is 189 Å². The first kappa shape index (κ1) is 21.5. The van der Waals surface area contributed by atoms with E-state index in [1.165, 1.54) is 17.0 Å². The predicted molar refractivity (Wildman–Crippen MR) is 127 cm³/mol. The highest BCUT2D eigenvalue weighted by Gasteiger charge is 2.34. The Kier molecular flexibility index (Phi) is 6.77. The minimum Gasteiger partial charge on any atom is -0.467 e. The number of carbonyl (C=O) groups is 1. The summed E-state index contributed by atoms with van der Waals surface area (Å²) in [6.45, 7) is 2.13. The van der Waals surface area contributed by atoms with Crippen molar-refractivity contribution < 1.29 is 13.6 Å². The van der Waals surface area contributed by atoms with Crippen LogP contribution in [0.2, 0.25) is 0 Å². The van der Waals surface area contributed by atoms with Gasteiger partial charge in [0.1, 0.15) is 11.6 Å². The molecule has 3 aromatic rings. The van der Waals surface area contributed by atoms with Crippen molar-refractivity contribution in [1.82, 2.24) is 4.90 Å². The quantitative estimate of drug-likeness (QED) is 0.266. The Balaban J connectivity index is 1.59. The number of benzene rings is 2. The van der Waals surface area contributed by atoms with Crippen LogP contribution in [-0.2, 0) is 11.3 Å². The number of halogens is 1. The summed E-state index contributed by atoms with van der Waals surface area (Å²) >= 11 is 1.15. The van der Waals surface area contributed by atoms with Crippen molar-refractivity contribution in [3.8, 4) is 0 Å². The van der Waals surface area contributed by atoms with Crippen LogP contribution in [0.4, 0.5) is 4.39 Å². The van der Waals surface area contributed by atoms with E-state index in [1.54, 1.807) is 42.8 Å². The van der Waals surface area contributed by atoms with Gasteiger partial charge in [0.15, 0.2) is 5.17 Å². The fourth-order valence-corrected chi connectivity index (χ4v) is 3.96. The van der Waals surface area contributed by atoms with Gasteiger partial charge in [-0.1, -0.05) is 54.6 Å². The molecule has 0 unspecified atom stereocenters. The number of allylic oxidation sites excluding steroid dienone is 1. The Morgan fingerprint density at radius 2 is 1.88 bits per heavy atom. The number of amidine groups is 1. The van der Waals surface area contributed by atoms with Gasteiger partial charge in [0.2, 0.25) is 0 Å². The smallest absolute Gasteiger partial charge is 0.267 e. The number of amides is 1. The lowest BCUT2D eigenvalue weighted by atomic mass is 10.1. The van der Waals surface area contributed by atoms with E-state index in [0.717, 1.165) is 22.9 Å². The van der Waals surface area contributed by atoms with Crippen molar-refractivity contribution in [2.24, 2.45) is 10.2 Å². The van der Waals surface area contributed by atoms with Gasteiger partial charge in [-0.15, -0.1) is 5.10 Å². The lowest BCUT2D eigenvalue weighted by Gasteiger charge is -2.12. The summed E-state index contributed by atoms with van der Waals surface area (Å²) in [4.78, 5) is 14.9. The first-order chi connectivity index (χ1) is 15.6. The molecule has 0 N–H and O–H groups in total. The molecule has 0 aliphatic carbocycles. The number of hydrogen-bond acceptors (Lipinski definition) is 5. The van der Waals surface area contributed by atoms with Crippen LogP contribution in [0, 0.1) is 5.82 Å². The van der Waals surface area contributed by atoms with E-state index in [0.29, 0.717) is 21.4 Å². The Bertz CT molecular complexity index is 1220. The van der Waals surface area contributed by atoms with Crippen LogP contribution in [0.1, 0.15) is 23.8 Å². The van der Waals surface area contributed by atoms with Crippen molar-refractivity contribution in [3.63, 3.8) is 0 Å². The fourth-order valence-electron chi connectivity index (χ4n) is 3.03. The molecule has 4 rings (SSSR count). The number of thioether (sulfide) groups is 1. The lowest BCUT2D eigenvalue weighted by molar-refractivity contribution is -0.122. The molecular weight excluding hydrogens is 425 g/mol. The van der Waals surface area contributed by atoms with Crippen LogP contribution in [0.25, 0.3) is 12.2 Å². The zero-order valence-electron chi connectivity index (χ0n) is 17.3. The highest BCUT2D eigenvalue weighted by atomic mass is 32.2. The highest BCUT2D eigenvalue weighted by Crippen LogP contribution is 2.34. The van der Waals surface area contributed by atoms with E-state index in [-0.39, 0.29) is 12.5 Å². The van der Waals surface area contributed by atoms with Crippen LogP contribution >= 0.6 is 11.8 Å². The zero-order valence-corrected chi connectivity index (χ0v) is 18.1. The topological polar surface area (TPSA) is 58.2 Å². The number of rotatable bonds is 6. The molecule has 0 radical (unpaired) electrons. The molecule has 2 aromatic carbocycles. The van der Waals surface area contributed by atoms with Gasteiger partial charge in [0.25, 0.3) is 5.91 Å². The van der Waals surface area contributed by atoms with Gasteiger partial charge in [-0.05, 0) is 54.1 Å². The summed E-state index contributed by atoms with van der Waals surface area (Å²) in [5.74, 6) is -0.0563. The second-order valence-corrected chi connectivity index (χ2v) is 8.04. The van der Waals surface area contributed by atoms with Crippen molar-refractivity contribution in [2.75, 3.05) is 0 Å². The minimum atomic E-state index is -0.393. The molecule has 5 nitrogen and oxygen atoms in total. The van der Waals surface area contributed by atoms with Crippen LogP contribution in [-0.4, -0.2) is 22.2 Å². The fraction of sp³-hybridized carbons (Fsp3) is 0.0800. The average molecular weight is 446 g/mol. The Hall–Kier alpha value is -3.71. The maximum absolute atomic E-state index is 14.1. The van der Waals surface area contributed by atoms with Gasteiger partial charge in [-0.25, -0.2) is 4.39 Å². The van der Waals surface area contributed by atoms with Crippen molar-refractivity contribution in [2.45, 2.75) is 13.5 Å². The van der Waals surface area contributed by atoms with Crippen LogP contribution < -0.4 is 0 Å². The van der Waals surface area contributed by atoms with E-state index in [2.05, 4.69) is 10.2 Å². The van der Waals surface area contributed by atoms with Crippen molar-refractivity contribution in [3.05, 3.63) is 106 Å². The number of furan rings is 1. The maximum atomic E-state index is 14.1. The van der Waals surface area contributed by atoms with Crippen LogP contribution in [0.15, 0.2) is 98.1 Å². The third-order valence-electron chi connectivity index (χ3n) is 4.57. The number of hydrogen-bond donors (Lipinski definition) is 0. The molecule has 0 bridgehead atoms. The van der Waals surface area contributed by atoms with Crippen LogP contribution in [0.3, 0.4) is 0 Å². The molecule has 1 aliphatic rings. The van der Waals surface area contributed by atoms with Crippen molar-refractivity contribution in [1.29, 1.82) is 0 Å². The van der Waals surface area contributed by atoms with Gasteiger partial charge in [0, 0.05) is 5.56 Å². The molecule has 160 valence electrons. The maximum Gasteiger partial charge on any atom is 0.267 e. The Morgan fingerprint density at radius 3 is 2.62 bits per heavy atom.